The Bertz CT molecular complexity index is 827. The minimum Gasteiger partial charge on any atom is -0.338 e. The number of carbonyl (C=O) groups is 2. The molecule has 0 spiro atoms. The Kier molecular flexibility index (Phi) is 5.52. The molecule has 1 saturated heterocycles. The fourth-order valence-corrected chi connectivity index (χ4v) is 3.15. The van der Waals surface area contributed by atoms with Gasteiger partial charge >= 0.3 is 0 Å². The van der Waals surface area contributed by atoms with Gasteiger partial charge in [-0.3, -0.25) is 9.59 Å². The predicted molar refractivity (Wildman–Crippen MR) is 95.1 cm³/mol. The Morgan fingerprint density at radius 3 is 2.58 bits per heavy atom. The summed E-state index contributed by atoms with van der Waals surface area (Å²) in [5, 5.41) is 2.86. The lowest BCUT2D eigenvalue weighted by Gasteiger charge is -2.32. The van der Waals surface area contributed by atoms with Gasteiger partial charge in [0.15, 0.2) is 0 Å². The van der Waals surface area contributed by atoms with Crippen LogP contribution in [0, 0.1) is 17.6 Å². The van der Waals surface area contributed by atoms with Crippen LogP contribution in [0.15, 0.2) is 42.5 Å². The second-order valence-corrected chi connectivity index (χ2v) is 6.65. The van der Waals surface area contributed by atoms with Gasteiger partial charge in [-0.1, -0.05) is 11.6 Å². The monoisotopic (exact) mass is 378 g/mol. The van der Waals surface area contributed by atoms with Crippen molar-refractivity contribution in [3.63, 3.8) is 0 Å². The number of nitrogens with one attached hydrogen (secondary N) is 1. The largest absolute Gasteiger partial charge is 0.338 e. The Morgan fingerprint density at radius 1 is 1.12 bits per heavy atom. The molecule has 0 saturated carbocycles. The zero-order valence-corrected chi connectivity index (χ0v) is 14.6. The number of likely N-dealkylation sites (tertiary alicyclic amines) is 1. The molecule has 7 heteroatoms. The Hall–Kier alpha value is -2.47. The average molecular weight is 379 g/mol. The van der Waals surface area contributed by atoms with E-state index in [-0.39, 0.29) is 24.0 Å². The molecule has 2 aromatic carbocycles. The summed E-state index contributed by atoms with van der Waals surface area (Å²) in [5.41, 5.74) is 0.387. The van der Waals surface area contributed by atoms with Crippen LogP contribution >= 0.6 is 11.6 Å². The number of hydrogen-bond donors (Lipinski definition) is 1. The third-order valence-electron chi connectivity index (χ3n) is 4.36. The Morgan fingerprint density at radius 2 is 1.85 bits per heavy atom. The number of nitrogens with zero attached hydrogens (tertiary/aromatic N) is 1. The Labute approximate surface area is 154 Å². The molecule has 1 fully saturated rings. The highest BCUT2D eigenvalue weighted by atomic mass is 35.5. The van der Waals surface area contributed by atoms with Crippen molar-refractivity contribution in [1.82, 2.24) is 4.90 Å². The van der Waals surface area contributed by atoms with E-state index in [1.54, 1.807) is 4.90 Å². The number of hydrogen-bond acceptors (Lipinski definition) is 2. The van der Waals surface area contributed by atoms with E-state index in [9.17, 15) is 18.4 Å². The summed E-state index contributed by atoms with van der Waals surface area (Å²) in [6.45, 7) is 0.746. The van der Waals surface area contributed by atoms with Crippen molar-refractivity contribution in [3.8, 4) is 0 Å². The lowest BCUT2D eigenvalue weighted by atomic mass is 9.96. The predicted octanol–water partition coefficient (Wildman–Crippen LogP) is 4.11. The minimum atomic E-state index is -0.571. The topological polar surface area (TPSA) is 49.4 Å². The minimum absolute atomic E-state index is 0.0180. The summed E-state index contributed by atoms with van der Waals surface area (Å²) in [4.78, 5) is 26.6. The van der Waals surface area contributed by atoms with Gasteiger partial charge in [-0.25, -0.2) is 8.78 Å². The maximum Gasteiger partial charge on any atom is 0.253 e. The molecule has 2 amide bonds. The van der Waals surface area contributed by atoms with Gasteiger partial charge in [0.1, 0.15) is 11.6 Å². The van der Waals surface area contributed by atoms with Crippen LogP contribution in [-0.4, -0.2) is 29.8 Å². The first-order valence-corrected chi connectivity index (χ1v) is 8.62. The molecule has 1 aliphatic rings. The zero-order valence-electron chi connectivity index (χ0n) is 13.8. The molecule has 3 rings (SSSR count). The first-order chi connectivity index (χ1) is 12.4. The number of anilines is 1. The summed E-state index contributed by atoms with van der Waals surface area (Å²) in [6.07, 6.45) is 1.25. The van der Waals surface area contributed by atoms with Crippen molar-refractivity contribution in [3.05, 3.63) is 64.7 Å². The van der Waals surface area contributed by atoms with Gasteiger partial charge in [0.2, 0.25) is 5.91 Å². The van der Waals surface area contributed by atoms with Crippen LogP contribution in [0.3, 0.4) is 0 Å². The van der Waals surface area contributed by atoms with Crippen LogP contribution in [0.5, 0.6) is 0 Å². The molecule has 1 atom stereocenters. The summed E-state index contributed by atoms with van der Waals surface area (Å²) in [5.74, 6) is -2.05. The van der Waals surface area contributed by atoms with E-state index in [2.05, 4.69) is 5.32 Å². The summed E-state index contributed by atoms with van der Waals surface area (Å²) in [6, 6.07) is 9.22. The van der Waals surface area contributed by atoms with Gasteiger partial charge in [-0.05, 0) is 55.3 Å². The molecule has 0 aliphatic carbocycles. The molecule has 4 nitrogen and oxygen atoms in total. The Balaban J connectivity index is 1.67. The second-order valence-electron chi connectivity index (χ2n) is 6.21. The molecular formula is C19H17ClF2N2O2. The quantitative estimate of drug-likeness (QED) is 0.873. The molecule has 1 N–H and O–H groups in total. The van der Waals surface area contributed by atoms with E-state index in [4.69, 9.17) is 11.6 Å². The molecule has 0 unspecified atom stereocenters. The van der Waals surface area contributed by atoms with Crippen LogP contribution in [-0.2, 0) is 4.79 Å². The lowest BCUT2D eigenvalue weighted by molar-refractivity contribution is -0.121. The van der Waals surface area contributed by atoms with Gasteiger partial charge in [0.25, 0.3) is 5.91 Å². The normalized spacial score (nSPS) is 17.0. The highest BCUT2D eigenvalue weighted by molar-refractivity contribution is 6.30. The number of piperidine rings is 1. The molecule has 0 bridgehead atoms. The summed E-state index contributed by atoms with van der Waals surface area (Å²) >= 11 is 5.83. The molecule has 0 radical (unpaired) electrons. The molecular weight excluding hydrogens is 362 g/mol. The van der Waals surface area contributed by atoms with Crippen LogP contribution in [0.2, 0.25) is 5.02 Å². The van der Waals surface area contributed by atoms with E-state index < -0.39 is 17.6 Å². The maximum absolute atomic E-state index is 13.8. The smallest absolute Gasteiger partial charge is 0.253 e. The van der Waals surface area contributed by atoms with Crippen molar-refractivity contribution >= 4 is 29.1 Å². The molecule has 1 heterocycles. The number of amides is 2. The van der Waals surface area contributed by atoms with Crippen LogP contribution in [0.1, 0.15) is 23.2 Å². The van der Waals surface area contributed by atoms with E-state index >= 15 is 0 Å². The van der Waals surface area contributed by atoms with E-state index in [1.165, 1.54) is 42.5 Å². The van der Waals surface area contributed by atoms with E-state index in [0.29, 0.717) is 30.0 Å². The third-order valence-corrected chi connectivity index (χ3v) is 4.59. The zero-order chi connectivity index (χ0) is 18.7. The van der Waals surface area contributed by atoms with Crippen molar-refractivity contribution in [2.45, 2.75) is 12.8 Å². The number of carbonyl (C=O) groups excluding carboxylic acids is 2. The molecule has 26 heavy (non-hydrogen) atoms. The van der Waals surface area contributed by atoms with Gasteiger partial charge in [-0.2, -0.15) is 0 Å². The van der Waals surface area contributed by atoms with E-state index in [0.717, 1.165) is 0 Å². The fraction of sp³-hybridized carbons (Fsp3) is 0.263. The van der Waals surface area contributed by atoms with Crippen molar-refractivity contribution in [1.29, 1.82) is 0 Å². The molecule has 1 aliphatic heterocycles. The highest BCUT2D eigenvalue weighted by Crippen LogP contribution is 2.23. The van der Waals surface area contributed by atoms with Crippen molar-refractivity contribution in [2.24, 2.45) is 5.92 Å². The highest BCUT2D eigenvalue weighted by Gasteiger charge is 2.29. The number of benzene rings is 2. The standard InChI is InChI=1S/C19H17ClF2N2O2/c20-14-5-8-16(22)17(10-14)23-18(25)13-2-1-9-24(11-13)19(26)12-3-6-15(21)7-4-12/h3-8,10,13H,1-2,9,11H2,(H,23,25)/t13-/m0/s1. The molecule has 2 aromatic rings. The van der Waals surface area contributed by atoms with E-state index in [1.807, 2.05) is 0 Å². The molecule has 136 valence electrons. The first kappa shape index (κ1) is 18.3. The summed E-state index contributed by atoms with van der Waals surface area (Å²) in [7, 11) is 0. The van der Waals surface area contributed by atoms with Gasteiger partial charge in [0, 0.05) is 23.7 Å². The summed E-state index contributed by atoms with van der Waals surface area (Å²) < 4.78 is 26.8. The van der Waals surface area contributed by atoms with Gasteiger partial charge < -0.3 is 10.2 Å². The van der Waals surface area contributed by atoms with Gasteiger partial charge in [-0.15, -0.1) is 0 Å². The average Bonchev–Trinajstić information content (AvgIpc) is 2.65. The van der Waals surface area contributed by atoms with Crippen LogP contribution in [0.25, 0.3) is 0 Å². The molecule has 0 aromatic heterocycles. The lowest BCUT2D eigenvalue weighted by Crippen LogP contribution is -2.43. The van der Waals surface area contributed by atoms with Gasteiger partial charge in [0.05, 0.1) is 11.6 Å². The third kappa shape index (κ3) is 4.19. The van der Waals surface area contributed by atoms with Crippen molar-refractivity contribution < 1.29 is 18.4 Å². The van der Waals surface area contributed by atoms with Crippen LogP contribution < -0.4 is 5.32 Å². The van der Waals surface area contributed by atoms with Crippen LogP contribution in [0.4, 0.5) is 14.5 Å². The number of halogens is 3. The van der Waals surface area contributed by atoms with Crippen molar-refractivity contribution in [2.75, 3.05) is 18.4 Å². The SMILES string of the molecule is O=C(Nc1cc(Cl)ccc1F)[C@H]1CCCN(C(=O)c2ccc(F)cc2)C1. The number of rotatable bonds is 3. The fourth-order valence-electron chi connectivity index (χ4n) is 2.98. The second kappa shape index (κ2) is 7.83. The first-order valence-electron chi connectivity index (χ1n) is 8.25. The maximum atomic E-state index is 13.8.